The quantitative estimate of drug-likeness (QED) is 0.152. The van der Waals surface area contributed by atoms with Crippen LogP contribution in [0.15, 0.2) is 18.2 Å². The molecule has 2 unspecified atom stereocenters. The molecular weight excluding hydrogens is 416 g/mol. The summed E-state index contributed by atoms with van der Waals surface area (Å²) in [7, 11) is 0.0302. The number of hydrogen-bond acceptors (Lipinski definition) is 4. The second-order valence-electron chi connectivity index (χ2n) is 10.5. The molecule has 0 amide bonds. The number of methoxy groups -OCH3 is 1. The summed E-state index contributed by atoms with van der Waals surface area (Å²) in [5.74, 6) is 9.22. The van der Waals surface area contributed by atoms with Crippen LogP contribution in [0.4, 0.5) is 0 Å². The van der Waals surface area contributed by atoms with E-state index in [-0.39, 0.29) is 12.7 Å². The van der Waals surface area contributed by atoms with E-state index in [0.29, 0.717) is 17.6 Å². The Hall–Kier alpha value is -1.48. The molecule has 4 nitrogen and oxygen atoms in total. The Morgan fingerprint density at radius 1 is 1.09 bits per heavy atom. The molecule has 5 heteroatoms. The van der Waals surface area contributed by atoms with E-state index in [1.54, 1.807) is 7.11 Å². The fourth-order valence-electron chi connectivity index (χ4n) is 3.53. The molecule has 180 valence electrons. The summed E-state index contributed by atoms with van der Waals surface area (Å²) in [5.41, 5.74) is 1.17. The van der Waals surface area contributed by atoms with Crippen LogP contribution in [-0.2, 0) is 9.16 Å². The number of fused-ring (bicyclic) bond motifs is 1. The number of hydrogen-bond donors (Lipinski definition) is 0. The molecule has 1 aromatic rings. The van der Waals surface area contributed by atoms with Crippen LogP contribution in [-0.4, -0.2) is 35.4 Å². The Labute approximate surface area is 197 Å². The monoisotopic (exact) mass is 460 g/mol. The van der Waals surface area contributed by atoms with Gasteiger partial charge in [0.1, 0.15) is 11.5 Å². The van der Waals surface area contributed by atoms with Gasteiger partial charge >= 0.3 is 0 Å². The van der Waals surface area contributed by atoms with Gasteiger partial charge in [0.05, 0.1) is 12.5 Å². The molecule has 1 heterocycles. The van der Waals surface area contributed by atoms with Crippen LogP contribution in [0.3, 0.4) is 0 Å². The zero-order chi connectivity index (χ0) is 23.6. The Morgan fingerprint density at radius 2 is 1.81 bits per heavy atom. The first-order chi connectivity index (χ1) is 15.2. The predicted molar refractivity (Wildman–Crippen MR) is 135 cm³/mol. The van der Waals surface area contributed by atoms with E-state index >= 15 is 0 Å². The standard InChI is InChI=1S/C27H44O4Si/c1-22-20-29-26-19-23(30-21-28-5)16-17-25(26)24(22)15-13-11-9-8-10-12-14-18-31-32(6,7)27(2,3)4/h16-17,19,22,24H,8-12,14,18,20-21H2,1-7H3. The largest absolute Gasteiger partial charge is 0.493 e. The first-order valence-corrected chi connectivity index (χ1v) is 15.1. The van der Waals surface area contributed by atoms with E-state index in [0.717, 1.165) is 24.5 Å². The molecular formula is C27H44O4Si. The summed E-state index contributed by atoms with van der Waals surface area (Å²) >= 11 is 0. The highest BCUT2D eigenvalue weighted by molar-refractivity contribution is 6.74. The van der Waals surface area contributed by atoms with Crippen LogP contribution in [0.5, 0.6) is 11.5 Å². The van der Waals surface area contributed by atoms with Crippen molar-refractivity contribution in [2.75, 3.05) is 27.1 Å². The highest BCUT2D eigenvalue weighted by atomic mass is 28.4. The number of rotatable bonds is 11. The highest BCUT2D eigenvalue weighted by Crippen LogP contribution is 2.39. The molecule has 0 saturated carbocycles. The summed E-state index contributed by atoms with van der Waals surface area (Å²) in [4.78, 5) is 0. The maximum Gasteiger partial charge on any atom is 0.191 e. The molecule has 0 aliphatic carbocycles. The van der Waals surface area contributed by atoms with E-state index in [2.05, 4.69) is 58.7 Å². The van der Waals surface area contributed by atoms with Crippen LogP contribution >= 0.6 is 0 Å². The summed E-state index contributed by atoms with van der Waals surface area (Å²) < 4.78 is 22.7. The summed E-state index contributed by atoms with van der Waals surface area (Å²) in [6.45, 7) is 15.6. The van der Waals surface area contributed by atoms with Gasteiger partial charge in [-0.1, -0.05) is 58.9 Å². The fraction of sp³-hybridized carbons (Fsp3) is 0.704. The van der Waals surface area contributed by atoms with Gasteiger partial charge in [-0.15, -0.1) is 5.92 Å². The average Bonchev–Trinajstić information content (AvgIpc) is 2.73. The normalized spacial score (nSPS) is 18.3. The van der Waals surface area contributed by atoms with Crippen molar-refractivity contribution in [2.45, 2.75) is 90.3 Å². The van der Waals surface area contributed by atoms with Gasteiger partial charge in [0.25, 0.3) is 0 Å². The molecule has 1 aromatic carbocycles. The Bertz CT molecular complexity index is 757. The van der Waals surface area contributed by atoms with E-state index in [9.17, 15) is 0 Å². The van der Waals surface area contributed by atoms with E-state index in [4.69, 9.17) is 18.6 Å². The third-order valence-corrected chi connectivity index (χ3v) is 11.2. The summed E-state index contributed by atoms with van der Waals surface area (Å²) in [5, 5.41) is 0.300. The van der Waals surface area contributed by atoms with Crippen molar-refractivity contribution in [3.05, 3.63) is 23.8 Å². The number of benzene rings is 1. The molecule has 0 fully saturated rings. The van der Waals surface area contributed by atoms with Gasteiger partial charge in [-0.2, -0.15) is 0 Å². The van der Waals surface area contributed by atoms with Crippen molar-refractivity contribution < 1.29 is 18.6 Å². The third-order valence-electron chi connectivity index (χ3n) is 6.71. The summed E-state index contributed by atoms with van der Waals surface area (Å²) in [6, 6.07) is 6.01. The lowest BCUT2D eigenvalue weighted by atomic mass is 9.85. The average molecular weight is 461 g/mol. The van der Waals surface area contributed by atoms with Crippen LogP contribution in [0, 0.1) is 17.8 Å². The van der Waals surface area contributed by atoms with Gasteiger partial charge in [-0.05, 0) is 37.0 Å². The molecule has 2 rings (SSSR count). The lowest BCUT2D eigenvalue weighted by molar-refractivity contribution is 0.0508. The Balaban J connectivity index is 1.69. The van der Waals surface area contributed by atoms with Gasteiger partial charge in [0.15, 0.2) is 15.1 Å². The third kappa shape index (κ3) is 8.14. The zero-order valence-corrected chi connectivity index (χ0v) is 22.4. The second-order valence-corrected chi connectivity index (χ2v) is 15.3. The summed E-state index contributed by atoms with van der Waals surface area (Å²) in [6.07, 6.45) is 7.07. The molecule has 32 heavy (non-hydrogen) atoms. The topological polar surface area (TPSA) is 36.9 Å². The van der Waals surface area contributed by atoms with E-state index < -0.39 is 8.32 Å². The molecule has 0 saturated heterocycles. The van der Waals surface area contributed by atoms with E-state index in [1.807, 2.05) is 12.1 Å². The molecule has 1 aliphatic heterocycles. The SMILES string of the molecule is COCOc1ccc2c(c1)OCC(C)C2C#CCCCCCCCO[Si](C)(C)C(C)(C)C. The predicted octanol–water partition coefficient (Wildman–Crippen LogP) is 7.15. The minimum absolute atomic E-state index is 0.225. The maximum atomic E-state index is 6.26. The first-order valence-electron chi connectivity index (χ1n) is 12.2. The highest BCUT2D eigenvalue weighted by Gasteiger charge is 2.36. The number of ether oxygens (including phenoxy) is 3. The first kappa shape index (κ1) is 26.8. The van der Waals surface area contributed by atoms with Crippen molar-refractivity contribution in [1.82, 2.24) is 0 Å². The smallest absolute Gasteiger partial charge is 0.191 e. The van der Waals surface area contributed by atoms with Crippen LogP contribution in [0.2, 0.25) is 18.1 Å². The second kappa shape index (κ2) is 12.7. The van der Waals surface area contributed by atoms with Crippen molar-refractivity contribution in [1.29, 1.82) is 0 Å². The molecule has 0 aromatic heterocycles. The van der Waals surface area contributed by atoms with Gasteiger partial charge in [-0.3, -0.25) is 0 Å². The lowest BCUT2D eigenvalue weighted by Gasteiger charge is -2.36. The van der Waals surface area contributed by atoms with Gasteiger partial charge in [-0.25, -0.2) is 0 Å². The molecule has 0 radical (unpaired) electrons. The zero-order valence-electron chi connectivity index (χ0n) is 21.4. The molecule has 0 bridgehead atoms. The Kier molecular flexibility index (Phi) is 10.6. The minimum atomic E-state index is -1.59. The van der Waals surface area contributed by atoms with Crippen molar-refractivity contribution in [3.63, 3.8) is 0 Å². The van der Waals surface area contributed by atoms with Crippen LogP contribution < -0.4 is 9.47 Å². The van der Waals surface area contributed by atoms with Crippen LogP contribution in [0.1, 0.15) is 77.7 Å². The number of unbranched alkanes of at least 4 members (excludes halogenated alkanes) is 5. The lowest BCUT2D eigenvalue weighted by Crippen LogP contribution is -2.40. The fourth-order valence-corrected chi connectivity index (χ4v) is 4.62. The van der Waals surface area contributed by atoms with Gasteiger partial charge < -0.3 is 18.6 Å². The van der Waals surface area contributed by atoms with Crippen molar-refractivity contribution >= 4 is 8.32 Å². The maximum absolute atomic E-state index is 6.26. The van der Waals surface area contributed by atoms with Crippen molar-refractivity contribution in [2.24, 2.45) is 5.92 Å². The van der Waals surface area contributed by atoms with Crippen molar-refractivity contribution in [3.8, 4) is 23.3 Å². The molecule has 1 aliphatic rings. The Morgan fingerprint density at radius 3 is 2.53 bits per heavy atom. The molecule has 0 spiro atoms. The van der Waals surface area contributed by atoms with Crippen LogP contribution in [0.25, 0.3) is 0 Å². The molecule has 2 atom stereocenters. The molecule has 0 N–H and O–H groups in total. The van der Waals surface area contributed by atoms with Gasteiger partial charge in [0.2, 0.25) is 0 Å². The van der Waals surface area contributed by atoms with Gasteiger partial charge in [0, 0.05) is 37.7 Å². The minimum Gasteiger partial charge on any atom is -0.493 e. The van der Waals surface area contributed by atoms with E-state index in [1.165, 1.54) is 37.7 Å².